The molecule has 0 spiro atoms. The predicted octanol–water partition coefficient (Wildman–Crippen LogP) is 1.22. The molecule has 16 heavy (non-hydrogen) atoms. The predicted molar refractivity (Wildman–Crippen MR) is 60.8 cm³/mol. The summed E-state index contributed by atoms with van der Waals surface area (Å²) in [7, 11) is 0. The standard InChI is InChI=1S/C12H16N2O2/c1-12(16-11(13)15,10-7-14-8-10)9-5-3-2-4-6-9/h2-6,10,14H,7-8H2,1H3,(H2,13,15). The number of rotatable bonds is 3. The first-order valence-electron chi connectivity index (χ1n) is 5.37. The number of amides is 1. The number of primary amides is 1. The van der Waals surface area contributed by atoms with Crippen molar-refractivity contribution < 1.29 is 9.53 Å². The lowest BCUT2D eigenvalue weighted by molar-refractivity contribution is -0.0389. The molecule has 4 nitrogen and oxygen atoms in total. The molecule has 1 heterocycles. The molecule has 1 aliphatic heterocycles. The lowest BCUT2D eigenvalue weighted by atomic mass is 9.79. The highest BCUT2D eigenvalue weighted by Gasteiger charge is 2.42. The van der Waals surface area contributed by atoms with Gasteiger partial charge in [-0.15, -0.1) is 0 Å². The van der Waals surface area contributed by atoms with Crippen LogP contribution in [0.4, 0.5) is 4.79 Å². The lowest BCUT2D eigenvalue weighted by Crippen LogP contribution is -2.55. The van der Waals surface area contributed by atoms with Gasteiger partial charge >= 0.3 is 6.09 Å². The molecule has 3 N–H and O–H groups in total. The van der Waals surface area contributed by atoms with Crippen LogP contribution in [0.5, 0.6) is 0 Å². The van der Waals surface area contributed by atoms with Crippen molar-refractivity contribution in [2.24, 2.45) is 11.7 Å². The average Bonchev–Trinajstić information content (AvgIpc) is 2.15. The zero-order valence-corrected chi connectivity index (χ0v) is 9.27. The smallest absolute Gasteiger partial charge is 0.405 e. The van der Waals surface area contributed by atoms with E-state index in [0.717, 1.165) is 18.7 Å². The summed E-state index contributed by atoms with van der Waals surface area (Å²) in [6.45, 7) is 3.61. The van der Waals surface area contributed by atoms with Crippen LogP contribution in [-0.2, 0) is 10.3 Å². The quantitative estimate of drug-likeness (QED) is 0.805. The van der Waals surface area contributed by atoms with E-state index in [1.807, 2.05) is 37.3 Å². The Hall–Kier alpha value is -1.55. The van der Waals surface area contributed by atoms with Crippen molar-refractivity contribution in [3.05, 3.63) is 35.9 Å². The summed E-state index contributed by atoms with van der Waals surface area (Å²) in [6, 6.07) is 9.73. The number of nitrogens with one attached hydrogen (secondary N) is 1. The number of ether oxygens (including phenoxy) is 1. The van der Waals surface area contributed by atoms with Crippen LogP contribution in [0.15, 0.2) is 30.3 Å². The van der Waals surface area contributed by atoms with Crippen molar-refractivity contribution in [2.75, 3.05) is 13.1 Å². The molecule has 1 aliphatic rings. The average molecular weight is 220 g/mol. The summed E-state index contributed by atoms with van der Waals surface area (Å²) in [5, 5.41) is 3.18. The maximum Gasteiger partial charge on any atom is 0.405 e. The van der Waals surface area contributed by atoms with Crippen LogP contribution in [0.25, 0.3) is 0 Å². The van der Waals surface area contributed by atoms with Gasteiger partial charge in [0.1, 0.15) is 5.60 Å². The first-order chi connectivity index (χ1) is 7.63. The van der Waals surface area contributed by atoms with Gasteiger partial charge in [0.05, 0.1) is 0 Å². The molecule has 1 amide bonds. The van der Waals surface area contributed by atoms with Gasteiger partial charge in [-0.25, -0.2) is 4.79 Å². The molecule has 2 rings (SSSR count). The number of carbonyl (C=O) groups excluding carboxylic acids is 1. The van der Waals surface area contributed by atoms with Crippen molar-refractivity contribution >= 4 is 6.09 Å². The summed E-state index contributed by atoms with van der Waals surface area (Å²) in [5.41, 5.74) is 5.51. The Morgan fingerprint density at radius 3 is 2.50 bits per heavy atom. The van der Waals surface area contributed by atoms with Crippen LogP contribution in [-0.4, -0.2) is 19.2 Å². The van der Waals surface area contributed by atoms with Gasteiger partial charge in [0, 0.05) is 19.0 Å². The highest BCUT2D eigenvalue weighted by Crippen LogP contribution is 2.35. The molecule has 0 aromatic heterocycles. The summed E-state index contributed by atoms with van der Waals surface area (Å²) in [6.07, 6.45) is -0.724. The Morgan fingerprint density at radius 1 is 1.44 bits per heavy atom. The minimum Gasteiger partial charge on any atom is -0.438 e. The first-order valence-corrected chi connectivity index (χ1v) is 5.37. The van der Waals surface area contributed by atoms with Gasteiger partial charge < -0.3 is 15.8 Å². The number of nitrogens with two attached hydrogens (primary N) is 1. The molecule has 0 saturated carbocycles. The van der Waals surface area contributed by atoms with Crippen molar-refractivity contribution in [3.8, 4) is 0 Å². The second-order valence-corrected chi connectivity index (χ2v) is 4.25. The van der Waals surface area contributed by atoms with E-state index in [-0.39, 0.29) is 5.92 Å². The third-order valence-electron chi connectivity index (χ3n) is 3.22. The molecule has 86 valence electrons. The minimum atomic E-state index is -0.724. The fourth-order valence-corrected chi connectivity index (χ4v) is 2.03. The second-order valence-electron chi connectivity index (χ2n) is 4.25. The SMILES string of the molecule is CC(OC(N)=O)(c1ccccc1)C1CNC1. The monoisotopic (exact) mass is 220 g/mol. The molecule has 1 aromatic carbocycles. The molecule has 1 atom stereocenters. The summed E-state index contributed by atoms with van der Waals surface area (Å²) in [5.74, 6) is 0.280. The molecule has 1 aromatic rings. The largest absolute Gasteiger partial charge is 0.438 e. The van der Waals surface area contributed by atoms with E-state index in [1.54, 1.807) is 0 Å². The van der Waals surface area contributed by atoms with Crippen LogP contribution >= 0.6 is 0 Å². The third-order valence-corrected chi connectivity index (χ3v) is 3.22. The van der Waals surface area contributed by atoms with Crippen molar-refractivity contribution in [2.45, 2.75) is 12.5 Å². The maximum absolute atomic E-state index is 11.0. The Labute approximate surface area is 94.8 Å². The van der Waals surface area contributed by atoms with E-state index in [9.17, 15) is 4.79 Å². The van der Waals surface area contributed by atoms with Gasteiger partial charge in [-0.3, -0.25) is 0 Å². The second kappa shape index (κ2) is 4.14. The van der Waals surface area contributed by atoms with E-state index >= 15 is 0 Å². The molecule has 4 heteroatoms. The minimum absolute atomic E-state index is 0.280. The molecule has 0 bridgehead atoms. The van der Waals surface area contributed by atoms with Gasteiger partial charge in [-0.05, 0) is 12.5 Å². The van der Waals surface area contributed by atoms with Crippen LogP contribution in [0.2, 0.25) is 0 Å². The molecule has 1 unspecified atom stereocenters. The van der Waals surface area contributed by atoms with E-state index in [2.05, 4.69) is 5.32 Å². The Balaban J connectivity index is 2.29. The van der Waals surface area contributed by atoms with Gasteiger partial charge in [0.15, 0.2) is 0 Å². The Bertz CT molecular complexity index is 376. The van der Waals surface area contributed by atoms with Crippen LogP contribution in [0, 0.1) is 5.92 Å². The van der Waals surface area contributed by atoms with Gasteiger partial charge in [0.25, 0.3) is 0 Å². The number of carbonyl (C=O) groups is 1. The van der Waals surface area contributed by atoms with Gasteiger partial charge in [-0.2, -0.15) is 0 Å². The van der Waals surface area contributed by atoms with Crippen molar-refractivity contribution in [1.29, 1.82) is 0 Å². The van der Waals surface area contributed by atoms with Gasteiger partial charge in [-0.1, -0.05) is 30.3 Å². The fraction of sp³-hybridized carbons (Fsp3) is 0.417. The maximum atomic E-state index is 11.0. The first kappa shape index (κ1) is 11.0. The van der Waals surface area contributed by atoms with E-state index in [1.165, 1.54) is 0 Å². The normalized spacial score (nSPS) is 19.6. The van der Waals surface area contributed by atoms with E-state index in [4.69, 9.17) is 10.5 Å². The molecule has 0 aliphatic carbocycles. The molecule has 0 radical (unpaired) electrons. The lowest BCUT2D eigenvalue weighted by Gasteiger charge is -2.42. The van der Waals surface area contributed by atoms with Crippen molar-refractivity contribution in [1.82, 2.24) is 5.32 Å². The highest BCUT2D eigenvalue weighted by atomic mass is 16.6. The Kier molecular flexibility index (Phi) is 2.83. The zero-order valence-electron chi connectivity index (χ0n) is 9.27. The zero-order chi connectivity index (χ0) is 11.6. The highest BCUT2D eigenvalue weighted by molar-refractivity contribution is 5.65. The summed E-state index contributed by atoms with van der Waals surface area (Å²) in [4.78, 5) is 11.0. The van der Waals surface area contributed by atoms with Crippen LogP contribution in [0.3, 0.4) is 0 Å². The number of hydrogen-bond acceptors (Lipinski definition) is 3. The van der Waals surface area contributed by atoms with Gasteiger partial charge in [0.2, 0.25) is 0 Å². The number of hydrogen-bond donors (Lipinski definition) is 2. The summed E-state index contributed by atoms with van der Waals surface area (Å²) >= 11 is 0. The third kappa shape index (κ3) is 1.88. The molecule has 1 saturated heterocycles. The summed E-state index contributed by atoms with van der Waals surface area (Å²) < 4.78 is 5.33. The van der Waals surface area contributed by atoms with Crippen molar-refractivity contribution in [3.63, 3.8) is 0 Å². The molecule has 1 fully saturated rings. The fourth-order valence-electron chi connectivity index (χ4n) is 2.03. The molecular weight excluding hydrogens is 204 g/mol. The van der Waals surface area contributed by atoms with E-state index in [0.29, 0.717) is 0 Å². The van der Waals surface area contributed by atoms with Crippen LogP contribution in [0.1, 0.15) is 12.5 Å². The topological polar surface area (TPSA) is 64.3 Å². The van der Waals surface area contributed by atoms with E-state index < -0.39 is 11.7 Å². The molecular formula is C12H16N2O2. The van der Waals surface area contributed by atoms with Crippen LogP contribution < -0.4 is 11.1 Å². The number of benzene rings is 1. The Morgan fingerprint density at radius 2 is 2.06 bits per heavy atom.